The lowest BCUT2D eigenvalue weighted by molar-refractivity contribution is -0.00755. The number of hydrogen-bond acceptors (Lipinski definition) is 2. The Morgan fingerprint density at radius 2 is 2.00 bits per heavy atom. The van der Waals surface area contributed by atoms with E-state index in [0.29, 0.717) is 6.04 Å². The van der Waals surface area contributed by atoms with Gasteiger partial charge in [-0.2, -0.15) is 0 Å². The van der Waals surface area contributed by atoms with Gasteiger partial charge < -0.3 is 10.1 Å². The molecule has 1 rings (SSSR count). The molecule has 1 N–H and O–H groups in total. The largest absolute Gasteiger partial charge is 0.377 e. The summed E-state index contributed by atoms with van der Waals surface area (Å²) in [5, 5.41) is 4.37. The molecule has 0 aliphatic rings. The minimum atomic E-state index is -0.164. The summed E-state index contributed by atoms with van der Waals surface area (Å²) >= 11 is 5.99. The molecule has 2 nitrogen and oxygen atoms in total. The molecule has 0 bridgehead atoms. The van der Waals surface area contributed by atoms with Gasteiger partial charge in [0, 0.05) is 24.2 Å². The number of ether oxygens (including phenoxy) is 1. The Labute approximate surface area is 116 Å². The molecule has 3 heteroatoms. The van der Waals surface area contributed by atoms with E-state index >= 15 is 0 Å². The van der Waals surface area contributed by atoms with Gasteiger partial charge >= 0.3 is 0 Å². The summed E-state index contributed by atoms with van der Waals surface area (Å²) < 4.78 is 5.49. The van der Waals surface area contributed by atoms with Gasteiger partial charge in [-0.15, -0.1) is 0 Å². The second-order valence-corrected chi connectivity index (χ2v) is 5.87. The number of hydrogen-bond donors (Lipinski definition) is 1. The van der Waals surface area contributed by atoms with E-state index < -0.39 is 0 Å². The third-order valence-corrected chi connectivity index (χ3v) is 3.77. The average Bonchev–Trinajstić information content (AvgIpc) is 2.28. The number of benzene rings is 1. The molecule has 1 aromatic carbocycles. The highest BCUT2D eigenvalue weighted by molar-refractivity contribution is 6.30. The Morgan fingerprint density at radius 3 is 2.56 bits per heavy atom. The van der Waals surface area contributed by atoms with Crippen LogP contribution in [0.2, 0.25) is 5.02 Å². The van der Waals surface area contributed by atoms with E-state index in [1.807, 2.05) is 18.2 Å². The predicted octanol–water partition coefficient (Wildman–Crippen LogP) is 3.67. The maximum atomic E-state index is 5.99. The van der Waals surface area contributed by atoms with Gasteiger partial charge in [-0.1, -0.05) is 23.7 Å². The summed E-state index contributed by atoms with van der Waals surface area (Å²) in [6.45, 7) is 8.52. The van der Waals surface area contributed by atoms with Gasteiger partial charge in [0.1, 0.15) is 0 Å². The minimum absolute atomic E-state index is 0.164. The molecular formula is C15H24ClNO. The first-order valence-corrected chi connectivity index (χ1v) is 6.78. The molecule has 0 aliphatic heterocycles. The zero-order valence-corrected chi connectivity index (χ0v) is 12.7. The van der Waals surface area contributed by atoms with Crippen molar-refractivity contribution in [2.45, 2.75) is 51.8 Å². The van der Waals surface area contributed by atoms with Crippen LogP contribution in [0.4, 0.5) is 0 Å². The molecule has 0 saturated heterocycles. The van der Waals surface area contributed by atoms with Gasteiger partial charge in [0.15, 0.2) is 0 Å². The Morgan fingerprint density at radius 1 is 1.33 bits per heavy atom. The molecule has 0 aliphatic carbocycles. The second kappa shape index (κ2) is 6.55. The number of nitrogens with one attached hydrogen (secondary N) is 1. The zero-order chi connectivity index (χ0) is 13.8. The highest BCUT2D eigenvalue weighted by Crippen LogP contribution is 2.16. The standard InChI is InChI=1S/C15H24ClNO/c1-11(17-12(2)15(3,4)18-5)9-13-7-6-8-14(16)10-13/h6-8,10-12,17H,9H2,1-5H3. The third kappa shape index (κ3) is 4.60. The first-order valence-electron chi connectivity index (χ1n) is 6.41. The van der Waals surface area contributed by atoms with E-state index in [-0.39, 0.29) is 11.6 Å². The van der Waals surface area contributed by atoms with Gasteiger partial charge in [-0.3, -0.25) is 0 Å². The summed E-state index contributed by atoms with van der Waals surface area (Å²) in [5.41, 5.74) is 1.09. The molecule has 0 heterocycles. The molecule has 2 atom stereocenters. The molecule has 0 spiro atoms. The molecule has 1 aromatic rings. The minimum Gasteiger partial charge on any atom is -0.377 e. The van der Waals surface area contributed by atoms with Crippen molar-refractivity contribution in [1.29, 1.82) is 0 Å². The SMILES string of the molecule is COC(C)(C)C(C)NC(C)Cc1cccc(Cl)c1. The predicted molar refractivity (Wildman–Crippen MR) is 78.3 cm³/mol. The number of halogens is 1. The van der Waals surface area contributed by atoms with E-state index in [1.165, 1.54) is 5.56 Å². The molecule has 18 heavy (non-hydrogen) atoms. The first kappa shape index (κ1) is 15.5. The third-order valence-electron chi connectivity index (χ3n) is 3.53. The van der Waals surface area contributed by atoms with Crippen molar-refractivity contribution in [3.63, 3.8) is 0 Å². The molecular weight excluding hydrogens is 246 g/mol. The van der Waals surface area contributed by atoms with Gasteiger partial charge in [0.25, 0.3) is 0 Å². The molecule has 0 fully saturated rings. The van der Waals surface area contributed by atoms with Crippen LogP contribution in [0, 0.1) is 0 Å². The first-order chi connectivity index (χ1) is 8.35. The lowest BCUT2D eigenvalue weighted by Gasteiger charge is -2.33. The number of rotatable bonds is 6. The van der Waals surface area contributed by atoms with Crippen molar-refractivity contribution in [2.75, 3.05) is 7.11 Å². The Kier molecular flexibility index (Phi) is 5.64. The van der Waals surface area contributed by atoms with Gasteiger partial charge in [0.05, 0.1) is 5.60 Å². The van der Waals surface area contributed by atoms with Crippen LogP contribution in [-0.4, -0.2) is 24.8 Å². The van der Waals surface area contributed by atoms with Gasteiger partial charge in [-0.25, -0.2) is 0 Å². The molecule has 2 unspecified atom stereocenters. The summed E-state index contributed by atoms with van der Waals surface area (Å²) in [6.07, 6.45) is 0.963. The van der Waals surface area contributed by atoms with Crippen molar-refractivity contribution in [3.8, 4) is 0 Å². The van der Waals surface area contributed by atoms with Crippen LogP contribution in [0.15, 0.2) is 24.3 Å². The number of methoxy groups -OCH3 is 1. The molecule has 0 radical (unpaired) electrons. The zero-order valence-electron chi connectivity index (χ0n) is 12.0. The average molecular weight is 270 g/mol. The fraction of sp³-hybridized carbons (Fsp3) is 0.600. The van der Waals surface area contributed by atoms with Crippen molar-refractivity contribution in [2.24, 2.45) is 0 Å². The van der Waals surface area contributed by atoms with E-state index in [1.54, 1.807) is 7.11 Å². The lowest BCUT2D eigenvalue weighted by Crippen LogP contribution is -2.49. The summed E-state index contributed by atoms with van der Waals surface area (Å²) in [6, 6.07) is 8.69. The van der Waals surface area contributed by atoms with Crippen molar-refractivity contribution >= 4 is 11.6 Å². The maximum absolute atomic E-state index is 5.99. The topological polar surface area (TPSA) is 21.3 Å². The molecule has 102 valence electrons. The van der Waals surface area contributed by atoms with E-state index in [9.17, 15) is 0 Å². The smallest absolute Gasteiger partial charge is 0.0772 e. The van der Waals surface area contributed by atoms with Gasteiger partial charge in [-0.05, 0) is 51.8 Å². The van der Waals surface area contributed by atoms with E-state index in [4.69, 9.17) is 16.3 Å². The van der Waals surface area contributed by atoms with Gasteiger partial charge in [0.2, 0.25) is 0 Å². The molecule has 0 saturated carbocycles. The quantitative estimate of drug-likeness (QED) is 0.851. The van der Waals surface area contributed by atoms with Crippen molar-refractivity contribution in [1.82, 2.24) is 5.32 Å². The monoisotopic (exact) mass is 269 g/mol. The summed E-state index contributed by atoms with van der Waals surface area (Å²) in [5.74, 6) is 0. The normalized spacial score (nSPS) is 15.4. The summed E-state index contributed by atoms with van der Waals surface area (Å²) in [4.78, 5) is 0. The van der Waals surface area contributed by atoms with Crippen LogP contribution < -0.4 is 5.32 Å². The van der Waals surface area contributed by atoms with Crippen LogP contribution in [0.25, 0.3) is 0 Å². The fourth-order valence-corrected chi connectivity index (χ4v) is 2.09. The van der Waals surface area contributed by atoms with Crippen LogP contribution in [0.3, 0.4) is 0 Å². The van der Waals surface area contributed by atoms with E-state index in [2.05, 4.69) is 39.1 Å². The second-order valence-electron chi connectivity index (χ2n) is 5.43. The highest BCUT2D eigenvalue weighted by atomic mass is 35.5. The molecule has 0 aromatic heterocycles. The van der Waals surface area contributed by atoms with Crippen molar-refractivity contribution < 1.29 is 4.74 Å². The van der Waals surface area contributed by atoms with Crippen LogP contribution in [0.1, 0.15) is 33.3 Å². The summed E-state index contributed by atoms with van der Waals surface area (Å²) in [7, 11) is 1.75. The molecule has 0 amide bonds. The Bertz CT molecular complexity index is 379. The van der Waals surface area contributed by atoms with Crippen LogP contribution in [0.5, 0.6) is 0 Å². The maximum Gasteiger partial charge on any atom is 0.0772 e. The Balaban J connectivity index is 2.54. The fourth-order valence-electron chi connectivity index (χ4n) is 1.88. The van der Waals surface area contributed by atoms with Crippen LogP contribution >= 0.6 is 11.6 Å². The Hall–Kier alpha value is -0.570. The van der Waals surface area contributed by atoms with E-state index in [0.717, 1.165) is 11.4 Å². The lowest BCUT2D eigenvalue weighted by atomic mass is 9.98. The van der Waals surface area contributed by atoms with Crippen molar-refractivity contribution in [3.05, 3.63) is 34.9 Å². The highest BCUT2D eigenvalue weighted by Gasteiger charge is 2.26. The van der Waals surface area contributed by atoms with Crippen LogP contribution in [-0.2, 0) is 11.2 Å².